The number of aliphatic hydroxyl groups is 1. The number of nitrogens with two attached hydrogens (primary N) is 1. The molecular weight excluding hydrogens is 170 g/mol. The monoisotopic (exact) mass is 187 g/mol. The quantitative estimate of drug-likeness (QED) is 0.476. The zero-order valence-electron chi connectivity index (χ0n) is 8.12. The van der Waals surface area contributed by atoms with E-state index < -0.39 is 12.1 Å². The van der Waals surface area contributed by atoms with Crippen molar-refractivity contribution in [1.29, 1.82) is 0 Å². The lowest BCUT2D eigenvalue weighted by molar-refractivity contribution is -0.142. The molecular formula is C9H17NO3. The normalized spacial score (nSPS) is 14.8. The zero-order valence-corrected chi connectivity index (χ0v) is 8.12. The largest absolute Gasteiger partial charge is 0.460 e. The van der Waals surface area contributed by atoms with Crippen molar-refractivity contribution in [3.05, 3.63) is 12.2 Å². The summed E-state index contributed by atoms with van der Waals surface area (Å²) in [6.07, 6.45) is -0.153. The van der Waals surface area contributed by atoms with Crippen LogP contribution in [0.1, 0.15) is 20.3 Å². The van der Waals surface area contributed by atoms with Crippen molar-refractivity contribution in [2.24, 2.45) is 5.73 Å². The molecule has 0 fully saturated rings. The molecule has 2 atom stereocenters. The van der Waals surface area contributed by atoms with E-state index in [0.29, 0.717) is 12.0 Å². The average molecular weight is 187 g/mol. The van der Waals surface area contributed by atoms with Crippen molar-refractivity contribution in [3.63, 3.8) is 0 Å². The summed E-state index contributed by atoms with van der Waals surface area (Å²) in [7, 11) is 0. The highest BCUT2D eigenvalue weighted by Gasteiger charge is 2.14. The lowest BCUT2D eigenvalue weighted by Crippen LogP contribution is -2.37. The van der Waals surface area contributed by atoms with Gasteiger partial charge in [0.25, 0.3) is 0 Å². The Labute approximate surface area is 78.4 Å². The Kier molecular flexibility index (Phi) is 5.34. The van der Waals surface area contributed by atoms with Crippen molar-refractivity contribution in [2.45, 2.75) is 32.4 Å². The smallest absolute Gasteiger partial charge is 0.333 e. The molecule has 0 radical (unpaired) electrons. The lowest BCUT2D eigenvalue weighted by Gasteiger charge is -2.16. The molecule has 2 unspecified atom stereocenters. The van der Waals surface area contributed by atoms with E-state index in [1.54, 1.807) is 6.92 Å². The summed E-state index contributed by atoms with van der Waals surface area (Å²) in [6, 6.07) is -0.349. The molecule has 0 aliphatic carbocycles. The Balaban J connectivity index is 3.76. The van der Waals surface area contributed by atoms with E-state index in [2.05, 4.69) is 6.58 Å². The fourth-order valence-corrected chi connectivity index (χ4v) is 0.680. The van der Waals surface area contributed by atoms with Gasteiger partial charge in [-0.2, -0.15) is 0 Å². The number of aliphatic hydroxyl groups excluding tert-OH is 1. The predicted molar refractivity (Wildman–Crippen MR) is 50.0 cm³/mol. The highest BCUT2D eigenvalue weighted by molar-refractivity contribution is 5.86. The molecule has 0 aromatic carbocycles. The number of hydrogen-bond donors (Lipinski definition) is 2. The number of esters is 1. The van der Waals surface area contributed by atoms with Gasteiger partial charge in [-0.25, -0.2) is 4.79 Å². The SMILES string of the molecule is C=C(C)C(=O)OCC(O)C(N)CC. The fraction of sp³-hybridized carbons (Fsp3) is 0.667. The summed E-state index contributed by atoms with van der Waals surface area (Å²) in [4.78, 5) is 10.9. The van der Waals surface area contributed by atoms with Crippen molar-refractivity contribution in [2.75, 3.05) is 6.61 Å². The number of rotatable bonds is 5. The third-order valence-electron chi connectivity index (χ3n) is 1.70. The molecule has 76 valence electrons. The van der Waals surface area contributed by atoms with Gasteiger partial charge in [-0.15, -0.1) is 0 Å². The molecule has 0 spiro atoms. The second-order valence-electron chi connectivity index (χ2n) is 3.02. The fourth-order valence-electron chi connectivity index (χ4n) is 0.680. The summed E-state index contributed by atoms with van der Waals surface area (Å²) in [5, 5.41) is 9.32. The van der Waals surface area contributed by atoms with Crippen molar-refractivity contribution in [3.8, 4) is 0 Å². The Morgan fingerprint density at radius 1 is 1.69 bits per heavy atom. The maximum Gasteiger partial charge on any atom is 0.333 e. The van der Waals surface area contributed by atoms with Crippen LogP contribution in [-0.4, -0.2) is 29.8 Å². The molecule has 13 heavy (non-hydrogen) atoms. The van der Waals surface area contributed by atoms with Crippen LogP contribution in [0.3, 0.4) is 0 Å². The van der Waals surface area contributed by atoms with Crippen LogP contribution in [0.25, 0.3) is 0 Å². The molecule has 0 aliphatic rings. The molecule has 0 aliphatic heterocycles. The van der Waals surface area contributed by atoms with E-state index in [4.69, 9.17) is 10.5 Å². The van der Waals surface area contributed by atoms with Gasteiger partial charge in [-0.1, -0.05) is 13.5 Å². The summed E-state index contributed by atoms with van der Waals surface area (Å²) in [6.45, 7) is 6.75. The standard InChI is InChI=1S/C9H17NO3/c1-4-7(10)8(11)5-13-9(12)6(2)3/h7-8,11H,2,4-5,10H2,1,3H3. The molecule has 0 bridgehead atoms. The van der Waals surface area contributed by atoms with Crippen LogP contribution in [-0.2, 0) is 9.53 Å². The Hall–Kier alpha value is -0.870. The Bertz CT molecular complexity index is 191. The van der Waals surface area contributed by atoms with Gasteiger partial charge < -0.3 is 15.6 Å². The van der Waals surface area contributed by atoms with Crippen LogP contribution in [0, 0.1) is 0 Å². The topological polar surface area (TPSA) is 72.5 Å². The summed E-state index contributed by atoms with van der Waals surface area (Å²) >= 11 is 0. The Morgan fingerprint density at radius 3 is 2.62 bits per heavy atom. The number of ether oxygens (including phenoxy) is 1. The first-order chi connectivity index (χ1) is 5.99. The third kappa shape index (κ3) is 4.65. The summed E-state index contributed by atoms with van der Waals surface area (Å²) in [5.74, 6) is -0.498. The predicted octanol–water partition coefficient (Wildman–Crippen LogP) is 0.204. The molecule has 0 heterocycles. The molecule has 3 N–H and O–H groups in total. The summed E-state index contributed by atoms with van der Waals surface area (Å²) < 4.78 is 4.72. The van der Waals surface area contributed by atoms with Crippen LogP contribution in [0.4, 0.5) is 0 Å². The number of carbonyl (C=O) groups excluding carboxylic acids is 1. The van der Waals surface area contributed by atoms with Crippen LogP contribution in [0.5, 0.6) is 0 Å². The first kappa shape index (κ1) is 12.1. The molecule has 0 saturated carbocycles. The maximum atomic E-state index is 10.9. The van der Waals surface area contributed by atoms with E-state index in [0.717, 1.165) is 0 Å². The zero-order chi connectivity index (χ0) is 10.4. The highest BCUT2D eigenvalue weighted by atomic mass is 16.5. The van der Waals surface area contributed by atoms with Crippen LogP contribution in [0.15, 0.2) is 12.2 Å². The second kappa shape index (κ2) is 5.72. The van der Waals surface area contributed by atoms with Gasteiger partial charge in [-0.05, 0) is 13.3 Å². The van der Waals surface area contributed by atoms with E-state index in [1.807, 2.05) is 6.92 Å². The van der Waals surface area contributed by atoms with E-state index in [-0.39, 0.29) is 12.6 Å². The van der Waals surface area contributed by atoms with E-state index >= 15 is 0 Å². The Morgan fingerprint density at radius 2 is 2.23 bits per heavy atom. The molecule has 4 heteroatoms. The summed E-state index contributed by atoms with van der Waals surface area (Å²) in [5.41, 5.74) is 5.83. The molecule has 0 amide bonds. The molecule has 0 aromatic rings. The maximum absolute atomic E-state index is 10.9. The lowest BCUT2D eigenvalue weighted by atomic mass is 10.1. The third-order valence-corrected chi connectivity index (χ3v) is 1.70. The van der Waals surface area contributed by atoms with E-state index in [9.17, 15) is 9.90 Å². The highest BCUT2D eigenvalue weighted by Crippen LogP contribution is 1.98. The van der Waals surface area contributed by atoms with Crippen molar-refractivity contribution in [1.82, 2.24) is 0 Å². The van der Waals surface area contributed by atoms with E-state index in [1.165, 1.54) is 0 Å². The van der Waals surface area contributed by atoms with Crippen molar-refractivity contribution < 1.29 is 14.6 Å². The number of carbonyl (C=O) groups is 1. The van der Waals surface area contributed by atoms with Gasteiger partial charge in [0.1, 0.15) is 12.7 Å². The molecule has 0 aromatic heterocycles. The van der Waals surface area contributed by atoms with Gasteiger partial charge >= 0.3 is 5.97 Å². The first-order valence-electron chi connectivity index (χ1n) is 4.25. The average Bonchev–Trinajstić information content (AvgIpc) is 2.11. The minimum absolute atomic E-state index is 0.0687. The van der Waals surface area contributed by atoms with Gasteiger partial charge in [0, 0.05) is 11.6 Å². The number of hydrogen-bond acceptors (Lipinski definition) is 4. The second-order valence-corrected chi connectivity index (χ2v) is 3.02. The van der Waals surface area contributed by atoms with Crippen molar-refractivity contribution >= 4 is 5.97 Å². The van der Waals surface area contributed by atoms with Crippen LogP contribution in [0.2, 0.25) is 0 Å². The van der Waals surface area contributed by atoms with Gasteiger partial charge in [0.2, 0.25) is 0 Å². The van der Waals surface area contributed by atoms with Crippen LogP contribution < -0.4 is 5.73 Å². The minimum Gasteiger partial charge on any atom is -0.460 e. The van der Waals surface area contributed by atoms with Gasteiger partial charge in [0.05, 0.1) is 0 Å². The first-order valence-corrected chi connectivity index (χ1v) is 4.25. The molecule has 0 saturated heterocycles. The van der Waals surface area contributed by atoms with Crippen LogP contribution >= 0.6 is 0 Å². The van der Waals surface area contributed by atoms with Gasteiger partial charge in [-0.3, -0.25) is 0 Å². The molecule has 0 rings (SSSR count). The minimum atomic E-state index is -0.798. The molecule has 4 nitrogen and oxygen atoms in total. The van der Waals surface area contributed by atoms with Gasteiger partial charge in [0.15, 0.2) is 0 Å².